The number of fused-ring (bicyclic) bond motifs is 2. The average Bonchev–Trinajstić information content (AvgIpc) is 2.67. The van der Waals surface area contributed by atoms with Crippen LogP contribution in [0, 0.1) is 0 Å². The van der Waals surface area contributed by atoms with E-state index in [0.717, 1.165) is 22.4 Å². The Morgan fingerprint density at radius 2 is 1.79 bits per heavy atom. The predicted molar refractivity (Wildman–Crippen MR) is 116 cm³/mol. The molecule has 0 aliphatic heterocycles. The summed E-state index contributed by atoms with van der Waals surface area (Å²) < 4.78 is 8.27. The van der Waals surface area contributed by atoms with Gasteiger partial charge in [0.25, 0.3) is 0 Å². The first-order valence-electron chi connectivity index (χ1n) is 9.31. The van der Waals surface area contributed by atoms with E-state index in [1.54, 1.807) is 6.07 Å². The molecule has 28 heavy (non-hydrogen) atoms. The van der Waals surface area contributed by atoms with Crippen LogP contribution in [0.5, 0.6) is 5.75 Å². The van der Waals surface area contributed by atoms with E-state index in [9.17, 15) is 15.0 Å². The predicted octanol–water partition coefficient (Wildman–Crippen LogP) is 3.27. The standard InChI is InChI=1S/C21H25ClNO4S/c1-23(10-12-24,11-13-25)9-4-14-27-17-8-7-16(22)19-20(26)15-5-2-3-6-18(15)28-21(17)19/h2-3,5-8,24-25H,4,9-14H2,1H3/q+1. The quantitative estimate of drug-likeness (QED) is 0.315. The molecule has 0 spiro atoms. The normalized spacial score (nSPS) is 12.0. The van der Waals surface area contributed by atoms with Gasteiger partial charge in [0.1, 0.15) is 18.8 Å². The minimum atomic E-state index is -0.0741. The Kier molecular flexibility index (Phi) is 6.91. The Morgan fingerprint density at radius 3 is 2.50 bits per heavy atom. The number of aliphatic hydroxyl groups excluding tert-OH is 2. The summed E-state index contributed by atoms with van der Waals surface area (Å²) in [6, 6.07) is 11.0. The van der Waals surface area contributed by atoms with Crippen molar-refractivity contribution < 1.29 is 19.4 Å². The zero-order chi connectivity index (χ0) is 20.1. The Balaban J connectivity index is 1.82. The van der Waals surface area contributed by atoms with Crippen LogP contribution in [0.3, 0.4) is 0 Å². The summed E-state index contributed by atoms with van der Waals surface area (Å²) in [5, 5.41) is 20.1. The second-order valence-corrected chi connectivity index (χ2v) is 8.58. The van der Waals surface area contributed by atoms with Crippen LogP contribution < -0.4 is 10.2 Å². The van der Waals surface area contributed by atoms with Crippen molar-refractivity contribution in [2.75, 3.05) is 46.5 Å². The van der Waals surface area contributed by atoms with Crippen LogP contribution in [0.4, 0.5) is 0 Å². The van der Waals surface area contributed by atoms with Crippen LogP contribution in [0.25, 0.3) is 20.2 Å². The van der Waals surface area contributed by atoms with Gasteiger partial charge in [-0.15, -0.1) is 11.3 Å². The van der Waals surface area contributed by atoms with Crippen LogP contribution in [0.1, 0.15) is 6.42 Å². The highest BCUT2D eigenvalue weighted by Crippen LogP contribution is 2.35. The van der Waals surface area contributed by atoms with Gasteiger partial charge in [0.15, 0.2) is 5.43 Å². The number of halogens is 1. The topological polar surface area (TPSA) is 66.8 Å². The molecule has 0 atom stereocenters. The lowest BCUT2D eigenvalue weighted by atomic mass is 10.2. The van der Waals surface area contributed by atoms with E-state index in [1.165, 1.54) is 11.3 Å². The summed E-state index contributed by atoms with van der Waals surface area (Å²) in [4.78, 5) is 12.9. The Morgan fingerprint density at radius 1 is 1.07 bits per heavy atom. The number of hydrogen-bond donors (Lipinski definition) is 2. The molecule has 0 fully saturated rings. The molecule has 0 aliphatic carbocycles. The van der Waals surface area contributed by atoms with E-state index in [4.69, 9.17) is 16.3 Å². The summed E-state index contributed by atoms with van der Waals surface area (Å²) in [5.41, 5.74) is -0.0741. The summed E-state index contributed by atoms with van der Waals surface area (Å²) in [7, 11) is 2.02. The van der Waals surface area contributed by atoms with Crippen LogP contribution in [0.2, 0.25) is 5.02 Å². The van der Waals surface area contributed by atoms with E-state index < -0.39 is 0 Å². The molecule has 3 rings (SSSR count). The van der Waals surface area contributed by atoms with Gasteiger partial charge in [-0.05, 0) is 24.3 Å². The maximum Gasteiger partial charge on any atom is 0.197 e. The number of nitrogens with zero attached hydrogens (tertiary/aromatic N) is 1. The Labute approximate surface area is 173 Å². The highest BCUT2D eigenvalue weighted by atomic mass is 35.5. The van der Waals surface area contributed by atoms with E-state index in [0.29, 0.717) is 45.7 Å². The van der Waals surface area contributed by atoms with E-state index >= 15 is 0 Å². The fourth-order valence-electron chi connectivity index (χ4n) is 3.40. The van der Waals surface area contributed by atoms with Gasteiger partial charge in [0.05, 0.1) is 48.5 Å². The molecule has 5 nitrogen and oxygen atoms in total. The molecule has 1 heterocycles. The molecule has 0 saturated carbocycles. The van der Waals surface area contributed by atoms with Crippen molar-refractivity contribution in [3.63, 3.8) is 0 Å². The number of hydrogen-bond acceptors (Lipinski definition) is 5. The summed E-state index contributed by atoms with van der Waals surface area (Å²) in [6.45, 7) is 2.62. The maximum atomic E-state index is 12.9. The lowest BCUT2D eigenvalue weighted by Gasteiger charge is -2.33. The fourth-order valence-corrected chi connectivity index (χ4v) is 4.87. The monoisotopic (exact) mass is 422 g/mol. The molecule has 3 aromatic rings. The van der Waals surface area contributed by atoms with Crippen molar-refractivity contribution in [1.29, 1.82) is 0 Å². The molecule has 150 valence electrons. The van der Waals surface area contributed by atoms with Gasteiger partial charge >= 0.3 is 0 Å². The average molecular weight is 423 g/mol. The highest BCUT2D eigenvalue weighted by molar-refractivity contribution is 7.25. The number of quaternary nitrogens is 1. The van der Waals surface area contributed by atoms with Gasteiger partial charge in [-0.25, -0.2) is 0 Å². The molecule has 0 bridgehead atoms. The molecule has 0 aliphatic rings. The summed E-state index contributed by atoms with van der Waals surface area (Å²) in [6.07, 6.45) is 0.767. The molecule has 2 N–H and O–H groups in total. The molecule has 2 aromatic carbocycles. The smallest absolute Gasteiger partial charge is 0.197 e. The molecule has 1 aromatic heterocycles. The zero-order valence-corrected chi connectivity index (χ0v) is 17.4. The number of benzene rings is 2. The Bertz CT molecular complexity index is 1010. The first-order chi connectivity index (χ1) is 13.5. The van der Waals surface area contributed by atoms with Crippen LogP contribution in [-0.2, 0) is 0 Å². The second-order valence-electron chi connectivity index (χ2n) is 7.12. The fraction of sp³-hybridized carbons (Fsp3) is 0.381. The molecule has 0 saturated heterocycles. The van der Waals surface area contributed by atoms with Gasteiger partial charge in [0, 0.05) is 16.5 Å². The van der Waals surface area contributed by atoms with Gasteiger partial charge in [0.2, 0.25) is 0 Å². The van der Waals surface area contributed by atoms with Crippen LogP contribution in [-0.4, -0.2) is 61.2 Å². The molecule has 0 radical (unpaired) electrons. The van der Waals surface area contributed by atoms with Gasteiger partial charge in [-0.3, -0.25) is 4.79 Å². The van der Waals surface area contributed by atoms with E-state index in [-0.39, 0.29) is 18.6 Å². The third-order valence-electron chi connectivity index (χ3n) is 5.02. The van der Waals surface area contributed by atoms with Crippen molar-refractivity contribution in [1.82, 2.24) is 0 Å². The number of ether oxygens (including phenoxy) is 1. The van der Waals surface area contributed by atoms with Crippen molar-refractivity contribution in [2.45, 2.75) is 6.42 Å². The lowest BCUT2D eigenvalue weighted by Crippen LogP contribution is -2.49. The third kappa shape index (κ3) is 4.47. The largest absolute Gasteiger partial charge is 0.492 e. The highest BCUT2D eigenvalue weighted by Gasteiger charge is 2.20. The molecular weight excluding hydrogens is 398 g/mol. The van der Waals surface area contributed by atoms with Gasteiger partial charge < -0.3 is 19.4 Å². The zero-order valence-electron chi connectivity index (χ0n) is 15.9. The number of aliphatic hydroxyl groups is 2. The second kappa shape index (κ2) is 9.20. The Hall–Kier alpha value is -1.70. The first kappa shape index (κ1) is 21.0. The maximum absolute atomic E-state index is 12.9. The van der Waals surface area contributed by atoms with Crippen molar-refractivity contribution >= 4 is 43.1 Å². The molecular formula is C21H25ClNO4S+. The van der Waals surface area contributed by atoms with Crippen LogP contribution in [0.15, 0.2) is 41.2 Å². The molecule has 0 unspecified atom stereocenters. The van der Waals surface area contributed by atoms with Crippen molar-refractivity contribution in [3.05, 3.63) is 51.6 Å². The minimum absolute atomic E-state index is 0.0741. The van der Waals surface area contributed by atoms with E-state index in [1.807, 2.05) is 37.4 Å². The summed E-state index contributed by atoms with van der Waals surface area (Å²) >= 11 is 7.83. The molecule has 7 heteroatoms. The number of likely N-dealkylation sites (N-methyl/N-ethyl adjacent to an activating group) is 1. The SMILES string of the molecule is C[N+](CCO)(CCO)CCCOc1ccc(Cl)c2c(=O)c3ccccc3sc12. The van der Waals surface area contributed by atoms with Crippen molar-refractivity contribution in [3.8, 4) is 5.75 Å². The van der Waals surface area contributed by atoms with Gasteiger partial charge in [-0.2, -0.15) is 0 Å². The molecule has 0 amide bonds. The van der Waals surface area contributed by atoms with Gasteiger partial charge in [-0.1, -0.05) is 23.7 Å². The third-order valence-corrected chi connectivity index (χ3v) is 6.52. The van der Waals surface area contributed by atoms with Crippen molar-refractivity contribution in [2.24, 2.45) is 0 Å². The first-order valence-corrected chi connectivity index (χ1v) is 10.5. The van der Waals surface area contributed by atoms with E-state index in [2.05, 4.69) is 0 Å². The summed E-state index contributed by atoms with van der Waals surface area (Å²) in [5.74, 6) is 0.658. The van der Waals surface area contributed by atoms with Crippen LogP contribution >= 0.6 is 22.9 Å². The minimum Gasteiger partial charge on any atom is -0.492 e. The number of rotatable bonds is 9. The lowest BCUT2D eigenvalue weighted by molar-refractivity contribution is -0.910.